The minimum absolute atomic E-state index is 0.422. The summed E-state index contributed by atoms with van der Waals surface area (Å²) in [5.41, 5.74) is 0. The third-order valence-electron chi connectivity index (χ3n) is 3.35. The lowest BCUT2D eigenvalue weighted by Gasteiger charge is -2.28. The second-order valence-corrected chi connectivity index (χ2v) is 10.3. The summed E-state index contributed by atoms with van der Waals surface area (Å²) in [4.78, 5) is 0. The van der Waals surface area contributed by atoms with Crippen molar-refractivity contribution < 1.29 is 4.74 Å². The summed E-state index contributed by atoms with van der Waals surface area (Å²) in [5.74, 6) is 0. The molecule has 1 saturated carbocycles. The maximum absolute atomic E-state index is 5.89. The Labute approximate surface area is 70.1 Å². The van der Waals surface area contributed by atoms with Crippen molar-refractivity contribution in [3.63, 3.8) is 0 Å². The van der Waals surface area contributed by atoms with E-state index in [2.05, 4.69) is 19.6 Å². The van der Waals surface area contributed by atoms with E-state index in [0.717, 1.165) is 0 Å². The summed E-state index contributed by atoms with van der Waals surface area (Å²) >= 11 is 0. The monoisotopic (exact) mass is 170 g/mol. The zero-order valence-corrected chi connectivity index (χ0v) is 8.81. The number of hydrogen-bond donors (Lipinski definition) is 0. The molecule has 0 aromatic heterocycles. The van der Waals surface area contributed by atoms with Gasteiger partial charge in [0.1, 0.15) is 0 Å². The second kappa shape index (κ2) is 2.11. The molecule has 1 heterocycles. The second-order valence-electron chi connectivity index (χ2n) is 4.99. The zero-order valence-electron chi connectivity index (χ0n) is 7.81. The van der Waals surface area contributed by atoms with Crippen molar-refractivity contribution in [2.45, 2.75) is 56.7 Å². The molecule has 0 amide bonds. The van der Waals surface area contributed by atoms with Crippen LogP contribution >= 0.6 is 0 Å². The van der Waals surface area contributed by atoms with Crippen LogP contribution in [0.2, 0.25) is 19.6 Å². The molecule has 1 saturated heterocycles. The first-order valence-corrected chi connectivity index (χ1v) is 8.24. The first-order valence-electron chi connectivity index (χ1n) is 4.74. The van der Waals surface area contributed by atoms with Crippen molar-refractivity contribution >= 4 is 8.07 Å². The Morgan fingerprint density at radius 2 is 2.00 bits per heavy atom. The van der Waals surface area contributed by atoms with Crippen LogP contribution in [0.4, 0.5) is 0 Å². The van der Waals surface area contributed by atoms with Gasteiger partial charge >= 0.3 is 0 Å². The lowest BCUT2D eigenvalue weighted by Crippen LogP contribution is -2.44. The van der Waals surface area contributed by atoms with E-state index in [1.165, 1.54) is 25.7 Å². The number of fused-ring (bicyclic) bond motifs is 1. The Balaban J connectivity index is 2.13. The fourth-order valence-corrected chi connectivity index (χ4v) is 5.02. The minimum atomic E-state index is -1.03. The van der Waals surface area contributed by atoms with Crippen molar-refractivity contribution in [3.8, 4) is 0 Å². The molecule has 2 heteroatoms. The van der Waals surface area contributed by atoms with Crippen LogP contribution in [-0.2, 0) is 4.74 Å². The smallest absolute Gasteiger partial charge is 0.0858 e. The molecule has 2 atom stereocenters. The zero-order chi connectivity index (χ0) is 8.11. The number of rotatable bonds is 1. The highest BCUT2D eigenvalue weighted by atomic mass is 28.3. The van der Waals surface area contributed by atoms with Gasteiger partial charge in [-0.2, -0.15) is 0 Å². The summed E-state index contributed by atoms with van der Waals surface area (Å²) < 4.78 is 5.89. The van der Waals surface area contributed by atoms with E-state index < -0.39 is 8.07 Å². The van der Waals surface area contributed by atoms with E-state index in [9.17, 15) is 0 Å². The molecule has 2 aliphatic rings. The van der Waals surface area contributed by atoms with Crippen LogP contribution in [-0.4, -0.2) is 19.4 Å². The van der Waals surface area contributed by atoms with Crippen molar-refractivity contribution in [1.29, 1.82) is 0 Å². The summed E-state index contributed by atoms with van der Waals surface area (Å²) in [6, 6.07) is 0. The van der Waals surface area contributed by atoms with E-state index in [1.54, 1.807) is 0 Å². The molecule has 0 bridgehead atoms. The molecular weight excluding hydrogens is 152 g/mol. The summed E-state index contributed by atoms with van der Waals surface area (Å²) in [7, 11) is -1.03. The molecule has 11 heavy (non-hydrogen) atoms. The molecule has 1 aliphatic carbocycles. The summed E-state index contributed by atoms with van der Waals surface area (Å²) in [6.45, 7) is 7.33. The first kappa shape index (κ1) is 7.81. The SMILES string of the molecule is C[Si](C)(C)[C@@]12CCCC[C@@H]1O2. The van der Waals surface area contributed by atoms with E-state index in [-0.39, 0.29) is 0 Å². The van der Waals surface area contributed by atoms with Gasteiger partial charge in [0.15, 0.2) is 0 Å². The molecule has 0 spiro atoms. The quantitative estimate of drug-likeness (QED) is 0.435. The predicted octanol–water partition coefficient (Wildman–Crippen LogP) is 2.58. The highest BCUT2D eigenvalue weighted by Gasteiger charge is 2.63. The Hall–Kier alpha value is 0.177. The van der Waals surface area contributed by atoms with E-state index in [4.69, 9.17) is 4.74 Å². The van der Waals surface area contributed by atoms with Gasteiger partial charge in [0.05, 0.1) is 19.4 Å². The van der Waals surface area contributed by atoms with Gasteiger partial charge in [0.2, 0.25) is 0 Å². The lowest BCUT2D eigenvalue weighted by atomic mass is 10.0. The fourth-order valence-electron chi connectivity index (χ4n) is 2.48. The normalized spacial score (nSPS) is 43.4. The van der Waals surface area contributed by atoms with Gasteiger partial charge in [0.25, 0.3) is 0 Å². The van der Waals surface area contributed by atoms with E-state index >= 15 is 0 Å². The van der Waals surface area contributed by atoms with Crippen molar-refractivity contribution in [3.05, 3.63) is 0 Å². The van der Waals surface area contributed by atoms with Gasteiger partial charge in [0, 0.05) is 0 Å². The molecule has 0 aromatic rings. The highest BCUT2D eigenvalue weighted by Crippen LogP contribution is 2.53. The molecule has 0 radical (unpaired) electrons. The Kier molecular flexibility index (Phi) is 1.49. The van der Waals surface area contributed by atoms with Gasteiger partial charge in [-0.05, 0) is 12.8 Å². The average molecular weight is 170 g/mol. The van der Waals surface area contributed by atoms with Crippen LogP contribution in [0.5, 0.6) is 0 Å². The van der Waals surface area contributed by atoms with Gasteiger partial charge in [-0.15, -0.1) is 0 Å². The molecule has 64 valence electrons. The number of ether oxygens (including phenoxy) is 1. The maximum Gasteiger partial charge on any atom is 0.0858 e. The molecule has 2 rings (SSSR count). The fraction of sp³-hybridized carbons (Fsp3) is 1.00. The Morgan fingerprint density at radius 1 is 1.27 bits per heavy atom. The largest absolute Gasteiger partial charge is 0.370 e. The van der Waals surface area contributed by atoms with Crippen molar-refractivity contribution in [1.82, 2.24) is 0 Å². The summed E-state index contributed by atoms with van der Waals surface area (Å²) in [5, 5.41) is 0.422. The van der Waals surface area contributed by atoms with Gasteiger partial charge < -0.3 is 4.74 Å². The minimum Gasteiger partial charge on any atom is -0.370 e. The van der Waals surface area contributed by atoms with Crippen LogP contribution in [0.3, 0.4) is 0 Å². The van der Waals surface area contributed by atoms with Gasteiger partial charge in [-0.25, -0.2) is 0 Å². The van der Waals surface area contributed by atoms with Crippen molar-refractivity contribution in [2.75, 3.05) is 0 Å². The third kappa shape index (κ3) is 0.993. The number of epoxide rings is 1. The number of hydrogen-bond acceptors (Lipinski definition) is 1. The molecule has 1 aliphatic heterocycles. The predicted molar refractivity (Wildman–Crippen MR) is 49.4 cm³/mol. The van der Waals surface area contributed by atoms with Gasteiger partial charge in [-0.3, -0.25) is 0 Å². The Bertz CT molecular complexity index is 173. The molecule has 0 aromatic carbocycles. The van der Waals surface area contributed by atoms with E-state index in [1.807, 2.05) is 0 Å². The highest BCUT2D eigenvalue weighted by molar-refractivity contribution is 6.79. The van der Waals surface area contributed by atoms with Crippen LogP contribution < -0.4 is 0 Å². The maximum atomic E-state index is 5.89. The van der Waals surface area contributed by atoms with Crippen LogP contribution in [0.15, 0.2) is 0 Å². The van der Waals surface area contributed by atoms with Gasteiger partial charge in [-0.1, -0.05) is 32.5 Å². The van der Waals surface area contributed by atoms with Crippen LogP contribution in [0, 0.1) is 0 Å². The van der Waals surface area contributed by atoms with Crippen LogP contribution in [0.1, 0.15) is 25.7 Å². The topological polar surface area (TPSA) is 12.5 Å². The molecule has 0 unspecified atom stereocenters. The van der Waals surface area contributed by atoms with E-state index in [0.29, 0.717) is 11.3 Å². The average Bonchev–Trinajstić information content (AvgIpc) is 2.59. The molecule has 2 fully saturated rings. The molecular formula is C9H18OSi. The standard InChI is InChI=1S/C9H18OSi/c1-11(2,3)9-7-5-4-6-8(9)10-9/h8H,4-7H2,1-3H3/t8-,9-/m0/s1. The van der Waals surface area contributed by atoms with Crippen molar-refractivity contribution in [2.24, 2.45) is 0 Å². The molecule has 0 N–H and O–H groups in total. The first-order chi connectivity index (χ1) is 5.06. The lowest BCUT2D eigenvalue weighted by molar-refractivity contribution is 0.343. The third-order valence-corrected chi connectivity index (χ3v) is 6.58. The summed E-state index contributed by atoms with van der Waals surface area (Å²) in [6.07, 6.45) is 6.16. The Morgan fingerprint density at radius 3 is 2.45 bits per heavy atom. The van der Waals surface area contributed by atoms with Crippen LogP contribution in [0.25, 0.3) is 0 Å². The molecule has 1 nitrogen and oxygen atoms in total.